The zero-order valence-electron chi connectivity index (χ0n) is 23.2. The lowest BCUT2D eigenvalue weighted by atomic mass is 10.0. The van der Waals surface area contributed by atoms with Crippen molar-refractivity contribution in [2.45, 2.75) is 122 Å². The molecule has 0 bridgehead atoms. The average molecular weight is 484 g/mol. The lowest BCUT2D eigenvalue weighted by molar-refractivity contribution is -0.140. The average Bonchev–Trinajstić information content (AvgIpc) is 3.58. The van der Waals surface area contributed by atoms with Crippen LogP contribution in [0.25, 0.3) is 0 Å². The van der Waals surface area contributed by atoms with Crippen molar-refractivity contribution in [2.24, 2.45) is 11.8 Å². The molecule has 1 saturated carbocycles. The molecular formula is C29H57NO4. The molecular weight excluding hydrogens is 426 g/mol. The Morgan fingerprint density at radius 3 is 1.79 bits per heavy atom. The van der Waals surface area contributed by atoms with Crippen LogP contribution < -0.4 is 0 Å². The highest BCUT2D eigenvalue weighted by molar-refractivity contribution is 5.68. The summed E-state index contributed by atoms with van der Waals surface area (Å²) in [6.07, 6.45) is 21.3. The molecule has 34 heavy (non-hydrogen) atoms. The van der Waals surface area contributed by atoms with Crippen LogP contribution in [0.15, 0.2) is 0 Å². The maximum Gasteiger partial charge on any atom is 0.305 e. The van der Waals surface area contributed by atoms with Crippen LogP contribution in [0.3, 0.4) is 0 Å². The number of methoxy groups -OCH3 is 1. The van der Waals surface area contributed by atoms with Gasteiger partial charge < -0.3 is 19.1 Å². The van der Waals surface area contributed by atoms with Gasteiger partial charge in [0.1, 0.15) is 0 Å². The number of rotatable bonds is 25. The highest BCUT2D eigenvalue weighted by Gasteiger charge is 2.35. The van der Waals surface area contributed by atoms with Gasteiger partial charge in [0.2, 0.25) is 0 Å². The zero-order chi connectivity index (χ0) is 24.9. The fourth-order valence-electron chi connectivity index (χ4n) is 4.71. The van der Waals surface area contributed by atoms with Gasteiger partial charge in [-0.15, -0.1) is 0 Å². The number of hydrogen-bond donors (Lipinski definition) is 0. The summed E-state index contributed by atoms with van der Waals surface area (Å²) < 4.78 is 16.5. The van der Waals surface area contributed by atoms with Gasteiger partial charge in [0.25, 0.3) is 0 Å². The molecule has 1 aliphatic carbocycles. The minimum absolute atomic E-state index is 0.0660. The van der Waals surface area contributed by atoms with Crippen molar-refractivity contribution < 1.29 is 19.0 Å². The van der Waals surface area contributed by atoms with Crippen molar-refractivity contribution in [2.75, 3.05) is 47.6 Å². The number of unbranched alkanes of at least 4 members (excludes halogenated alkanes) is 10. The first kappa shape index (κ1) is 31.4. The highest BCUT2D eigenvalue weighted by atomic mass is 16.5. The summed E-state index contributed by atoms with van der Waals surface area (Å²) in [7, 11) is 5.71. The predicted octanol–water partition coefficient (Wildman–Crippen LogP) is 7.02. The van der Waals surface area contributed by atoms with Crippen LogP contribution in [0.1, 0.15) is 116 Å². The van der Waals surface area contributed by atoms with Gasteiger partial charge in [-0.3, -0.25) is 4.79 Å². The third-order valence-electron chi connectivity index (χ3n) is 7.36. The Labute approximate surface area is 211 Å². The lowest BCUT2D eigenvalue weighted by Crippen LogP contribution is -2.37. The van der Waals surface area contributed by atoms with E-state index in [1.165, 1.54) is 103 Å². The Kier molecular flexibility index (Phi) is 20.0. The molecule has 0 heterocycles. The van der Waals surface area contributed by atoms with Gasteiger partial charge in [-0.2, -0.15) is 0 Å². The third-order valence-corrected chi connectivity index (χ3v) is 7.36. The molecule has 5 nitrogen and oxygen atoms in total. The highest BCUT2D eigenvalue weighted by Crippen LogP contribution is 2.45. The smallest absolute Gasteiger partial charge is 0.305 e. The standard InChI is InChI=1S/C29H57NO4/c1-5-6-7-16-21-33-24-28(30(2)3)25-34-22-17-11-9-8-10-13-18-26-23-27(26)19-14-12-15-20-29(31)32-4/h26-28H,5-25H2,1-4H3. The Morgan fingerprint density at radius 1 is 0.765 bits per heavy atom. The van der Waals surface area contributed by atoms with E-state index in [9.17, 15) is 4.79 Å². The second kappa shape index (κ2) is 21.6. The first-order chi connectivity index (χ1) is 16.6. The molecule has 0 aromatic heterocycles. The Balaban J connectivity index is 1.84. The molecule has 0 amide bonds. The molecule has 0 aromatic rings. The summed E-state index contributed by atoms with van der Waals surface area (Å²) in [5.41, 5.74) is 0. The van der Waals surface area contributed by atoms with Crippen LogP contribution >= 0.6 is 0 Å². The molecule has 5 heteroatoms. The number of hydrogen-bond acceptors (Lipinski definition) is 5. The second-order valence-electron chi connectivity index (χ2n) is 10.7. The molecule has 3 unspecified atom stereocenters. The molecule has 1 fully saturated rings. The van der Waals surface area contributed by atoms with E-state index in [-0.39, 0.29) is 5.97 Å². The maximum atomic E-state index is 11.1. The SMILES string of the molecule is CCCCCCOCC(COCCCCCCCCC1CC1CCCCCC(=O)OC)N(C)C. The Bertz CT molecular complexity index is 471. The Morgan fingerprint density at radius 2 is 1.26 bits per heavy atom. The number of carbonyl (C=O) groups is 1. The molecule has 3 atom stereocenters. The predicted molar refractivity (Wildman–Crippen MR) is 142 cm³/mol. The topological polar surface area (TPSA) is 48.0 Å². The van der Waals surface area contributed by atoms with E-state index in [1.54, 1.807) is 0 Å². The van der Waals surface area contributed by atoms with Crippen LogP contribution in [0.4, 0.5) is 0 Å². The lowest BCUT2D eigenvalue weighted by Gasteiger charge is -2.24. The molecule has 0 radical (unpaired) electrons. The van der Waals surface area contributed by atoms with E-state index in [2.05, 4.69) is 25.9 Å². The van der Waals surface area contributed by atoms with Gasteiger partial charge in [-0.25, -0.2) is 0 Å². The van der Waals surface area contributed by atoms with Crippen molar-refractivity contribution in [1.29, 1.82) is 0 Å². The third kappa shape index (κ3) is 17.7. The van der Waals surface area contributed by atoms with Crippen LogP contribution in [0.5, 0.6) is 0 Å². The van der Waals surface area contributed by atoms with Crippen molar-refractivity contribution in [1.82, 2.24) is 4.90 Å². The monoisotopic (exact) mass is 483 g/mol. The molecule has 0 aromatic carbocycles. The maximum absolute atomic E-state index is 11.1. The second-order valence-corrected chi connectivity index (χ2v) is 10.7. The van der Waals surface area contributed by atoms with Crippen molar-refractivity contribution in [3.63, 3.8) is 0 Å². The molecule has 0 saturated heterocycles. The quantitative estimate of drug-likeness (QED) is 0.103. The van der Waals surface area contributed by atoms with Crippen LogP contribution in [0.2, 0.25) is 0 Å². The van der Waals surface area contributed by atoms with Gasteiger partial charge in [0, 0.05) is 19.6 Å². The first-order valence-electron chi connectivity index (χ1n) is 14.5. The van der Waals surface area contributed by atoms with E-state index in [1.807, 2.05) is 0 Å². The van der Waals surface area contributed by atoms with Gasteiger partial charge in [0.15, 0.2) is 0 Å². The van der Waals surface area contributed by atoms with Gasteiger partial charge >= 0.3 is 5.97 Å². The number of ether oxygens (including phenoxy) is 3. The number of nitrogens with zero attached hydrogens (tertiary/aromatic N) is 1. The molecule has 0 spiro atoms. The Hall–Kier alpha value is -0.650. The van der Waals surface area contributed by atoms with Crippen LogP contribution in [0, 0.1) is 11.8 Å². The molecule has 0 aliphatic heterocycles. The van der Waals surface area contributed by atoms with E-state index >= 15 is 0 Å². The number of carbonyl (C=O) groups excluding carboxylic acids is 1. The van der Waals surface area contributed by atoms with Gasteiger partial charge in [-0.1, -0.05) is 84.0 Å². The largest absolute Gasteiger partial charge is 0.469 e. The minimum atomic E-state index is -0.0660. The van der Waals surface area contributed by atoms with Crippen LogP contribution in [-0.2, 0) is 19.0 Å². The molecule has 202 valence electrons. The van der Waals surface area contributed by atoms with Crippen molar-refractivity contribution >= 4 is 5.97 Å². The zero-order valence-corrected chi connectivity index (χ0v) is 23.2. The summed E-state index contributed by atoms with van der Waals surface area (Å²) in [6.45, 7) is 5.55. The number of esters is 1. The fraction of sp³-hybridized carbons (Fsp3) is 0.966. The van der Waals surface area contributed by atoms with Crippen molar-refractivity contribution in [3.05, 3.63) is 0 Å². The molecule has 1 aliphatic rings. The minimum Gasteiger partial charge on any atom is -0.469 e. The summed E-state index contributed by atoms with van der Waals surface area (Å²) in [6, 6.07) is 0.359. The van der Waals surface area contributed by atoms with E-state index in [0.717, 1.165) is 44.7 Å². The summed E-state index contributed by atoms with van der Waals surface area (Å²) in [4.78, 5) is 13.3. The summed E-state index contributed by atoms with van der Waals surface area (Å²) in [5.74, 6) is 1.91. The summed E-state index contributed by atoms with van der Waals surface area (Å²) >= 11 is 0. The van der Waals surface area contributed by atoms with Crippen molar-refractivity contribution in [3.8, 4) is 0 Å². The van der Waals surface area contributed by atoms with Gasteiger partial charge in [-0.05, 0) is 51.6 Å². The van der Waals surface area contributed by atoms with E-state index in [4.69, 9.17) is 14.2 Å². The van der Waals surface area contributed by atoms with Gasteiger partial charge in [0.05, 0.1) is 26.4 Å². The fourth-order valence-corrected chi connectivity index (χ4v) is 4.71. The normalized spacial score (nSPS) is 18.4. The van der Waals surface area contributed by atoms with E-state index < -0.39 is 0 Å². The molecule has 1 rings (SSSR count). The summed E-state index contributed by atoms with van der Waals surface area (Å²) in [5, 5.41) is 0. The number of likely N-dealkylation sites (N-methyl/N-ethyl adjacent to an activating group) is 1. The van der Waals surface area contributed by atoms with E-state index in [0.29, 0.717) is 12.5 Å². The molecule has 0 N–H and O–H groups in total. The van der Waals surface area contributed by atoms with Crippen LogP contribution in [-0.4, -0.2) is 64.5 Å². The first-order valence-corrected chi connectivity index (χ1v) is 14.5.